The fourth-order valence-electron chi connectivity index (χ4n) is 2.44. The second kappa shape index (κ2) is 5.72. The standard InChI is InChI=1S/C12H26N2/c1-5-10(6-2)13-11-7-8-12(9-11)14(3)4/h10-13H,5-9H2,1-4H3. The van der Waals surface area contributed by atoms with E-state index in [1.807, 2.05) is 0 Å². The molecule has 1 rings (SSSR count). The van der Waals surface area contributed by atoms with Gasteiger partial charge in [-0.3, -0.25) is 0 Å². The Hall–Kier alpha value is -0.0800. The van der Waals surface area contributed by atoms with Gasteiger partial charge >= 0.3 is 0 Å². The SMILES string of the molecule is CCC(CC)NC1CCC(N(C)C)C1. The molecule has 1 N–H and O–H groups in total. The minimum absolute atomic E-state index is 0.737. The smallest absolute Gasteiger partial charge is 0.0105 e. The van der Waals surface area contributed by atoms with Gasteiger partial charge in [-0.2, -0.15) is 0 Å². The highest BCUT2D eigenvalue weighted by Gasteiger charge is 2.26. The molecule has 14 heavy (non-hydrogen) atoms. The van der Waals surface area contributed by atoms with Crippen molar-refractivity contribution in [2.75, 3.05) is 14.1 Å². The minimum atomic E-state index is 0.737. The molecule has 0 aromatic heterocycles. The third-order valence-corrected chi connectivity index (χ3v) is 3.59. The molecule has 1 saturated carbocycles. The van der Waals surface area contributed by atoms with Crippen LogP contribution in [0.2, 0.25) is 0 Å². The van der Waals surface area contributed by atoms with Gasteiger partial charge in [-0.15, -0.1) is 0 Å². The summed E-state index contributed by atoms with van der Waals surface area (Å²) < 4.78 is 0. The van der Waals surface area contributed by atoms with Crippen molar-refractivity contribution in [1.82, 2.24) is 10.2 Å². The molecule has 0 aromatic carbocycles. The summed E-state index contributed by atoms with van der Waals surface area (Å²) >= 11 is 0. The van der Waals surface area contributed by atoms with Crippen molar-refractivity contribution < 1.29 is 0 Å². The molecule has 2 heteroatoms. The highest BCUT2D eigenvalue weighted by Crippen LogP contribution is 2.23. The van der Waals surface area contributed by atoms with Gasteiger partial charge in [-0.05, 0) is 46.2 Å². The maximum Gasteiger partial charge on any atom is 0.0105 e. The fourth-order valence-corrected chi connectivity index (χ4v) is 2.44. The van der Waals surface area contributed by atoms with Gasteiger partial charge in [0.05, 0.1) is 0 Å². The van der Waals surface area contributed by atoms with E-state index < -0.39 is 0 Å². The van der Waals surface area contributed by atoms with Gasteiger partial charge in [0, 0.05) is 18.1 Å². The van der Waals surface area contributed by atoms with Gasteiger partial charge in [0.25, 0.3) is 0 Å². The summed E-state index contributed by atoms with van der Waals surface area (Å²) in [5.74, 6) is 0. The maximum atomic E-state index is 3.77. The minimum Gasteiger partial charge on any atom is -0.311 e. The lowest BCUT2D eigenvalue weighted by atomic mass is 10.1. The van der Waals surface area contributed by atoms with Crippen LogP contribution in [0, 0.1) is 0 Å². The summed E-state index contributed by atoms with van der Waals surface area (Å²) in [6.45, 7) is 4.55. The second-order valence-electron chi connectivity index (χ2n) is 4.81. The molecule has 2 atom stereocenters. The first-order chi connectivity index (χ1) is 6.67. The van der Waals surface area contributed by atoms with Crippen LogP contribution in [0.15, 0.2) is 0 Å². The van der Waals surface area contributed by atoms with Crippen LogP contribution in [0.5, 0.6) is 0 Å². The highest BCUT2D eigenvalue weighted by atomic mass is 15.1. The maximum absolute atomic E-state index is 3.77. The number of nitrogens with zero attached hydrogens (tertiary/aromatic N) is 1. The summed E-state index contributed by atoms with van der Waals surface area (Å²) in [5, 5.41) is 3.77. The quantitative estimate of drug-likeness (QED) is 0.729. The van der Waals surface area contributed by atoms with Crippen molar-refractivity contribution >= 4 is 0 Å². The van der Waals surface area contributed by atoms with Crippen LogP contribution >= 0.6 is 0 Å². The molecule has 84 valence electrons. The zero-order valence-electron chi connectivity index (χ0n) is 10.2. The van der Waals surface area contributed by atoms with E-state index in [9.17, 15) is 0 Å². The Bertz CT molecular complexity index is 152. The van der Waals surface area contributed by atoms with Crippen molar-refractivity contribution in [2.24, 2.45) is 0 Å². The molecular formula is C12H26N2. The summed E-state index contributed by atoms with van der Waals surface area (Å²) in [4.78, 5) is 2.37. The lowest BCUT2D eigenvalue weighted by molar-refractivity contribution is 0.289. The zero-order chi connectivity index (χ0) is 10.6. The Balaban J connectivity index is 2.28. The van der Waals surface area contributed by atoms with Crippen LogP contribution in [0.4, 0.5) is 0 Å². The number of hydrogen-bond donors (Lipinski definition) is 1. The van der Waals surface area contributed by atoms with Gasteiger partial charge < -0.3 is 10.2 Å². The van der Waals surface area contributed by atoms with E-state index in [0.717, 1.165) is 18.1 Å². The number of rotatable bonds is 5. The van der Waals surface area contributed by atoms with E-state index >= 15 is 0 Å². The largest absolute Gasteiger partial charge is 0.311 e. The summed E-state index contributed by atoms with van der Waals surface area (Å²) in [7, 11) is 4.40. The Labute approximate surface area is 89.1 Å². The van der Waals surface area contributed by atoms with Gasteiger partial charge in [-0.1, -0.05) is 13.8 Å². The van der Waals surface area contributed by atoms with Gasteiger partial charge in [0.2, 0.25) is 0 Å². The molecule has 0 bridgehead atoms. The molecule has 0 saturated heterocycles. The average Bonchev–Trinajstić information content (AvgIpc) is 2.62. The molecule has 1 aliphatic rings. The van der Waals surface area contributed by atoms with Crippen molar-refractivity contribution in [3.8, 4) is 0 Å². The van der Waals surface area contributed by atoms with Gasteiger partial charge in [0.15, 0.2) is 0 Å². The topological polar surface area (TPSA) is 15.3 Å². The molecule has 1 aliphatic carbocycles. The molecule has 0 aromatic rings. The van der Waals surface area contributed by atoms with Crippen molar-refractivity contribution in [1.29, 1.82) is 0 Å². The van der Waals surface area contributed by atoms with E-state index in [-0.39, 0.29) is 0 Å². The van der Waals surface area contributed by atoms with Crippen LogP contribution in [0.3, 0.4) is 0 Å². The van der Waals surface area contributed by atoms with Crippen molar-refractivity contribution in [3.05, 3.63) is 0 Å². The lowest BCUT2D eigenvalue weighted by Gasteiger charge is -2.22. The second-order valence-corrected chi connectivity index (χ2v) is 4.81. The number of nitrogens with one attached hydrogen (secondary N) is 1. The summed E-state index contributed by atoms with van der Waals surface area (Å²) in [5.41, 5.74) is 0. The Morgan fingerprint density at radius 1 is 1.21 bits per heavy atom. The predicted molar refractivity (Wildman–Crippen MR) is 62.6 cm³/mol. The molecule has 0 amide bonds. The van der Waals surface area contributed by atoms with Crippen LogP contribution in [-0.2, 0) is 0 Å². The van der Waals surface area contributed by atoms with Gasteiger partial charge in [0.1, 0.15) is 0 Å². The van der Waals surface area contributed by atoms with Crippen LogP contribution in [0.1, 0.15) is 46.0 Å². The molecule has 2 nitrogen and oxygen atoms in total. The summed E-state index contributed by atoms with van der Waals surface area (Å²) in [6, 6.07) is 2.31. The molecular weight excluding hydrogens is 172 g/mol. The van der Waals surface area contributed by atoms with Crippen molar-refractivity contribution in [2.45, 2.75) is 64.1 Å². The third-order valence-electron chi connectivity index (χ3n) is 3.59. The van der Waals surface area contributed by atoms with E-state index in [1.165, 1.54) is 32.1 Å². The van der Waals surface area contributed by atoms with E-state index in [0.29, 0.717) is 0 Å². The van der Waals surface area contributed by atoms with E-state index in [2.05, 4.69) is 38.2 Å². The Morgan fingerprint density at radius 3 is 2.29 bits per heavy atom. The molecule has 0 radical (unpaired) electrons. The first kappa shape index (κ1) is 12.0. The monoisotopic (exact) mass is 198 g/mol. The lowest BCUT2D eigenvalue weighted by Crippen LogP contribution is -2.37. The Kier molecular flexibility index (Phi) is 4.90. The molecule has 1 fully saturated rings. The van der Waals surface area contributed by atoms with E-state index in [1.54, 1.807) is 0 Å². The molecule has 2 unspecified atom stereocenters. The fraction of sp³-hybridized carbons (Fsp3) is 1.00. The van der Waals surface area contributed by atoms with Crippen LogP contribution < -0.4 is 5.32 Å². The summed E-state index contributed by atoms with van der Waals surface area (Å²) in [6.07, 6.45) is 6.59. The zero-order valence-corrected chi connectivity index (χ0v) is 10.2. The molecule has 0 spiro atoms. The molecule has 0 aliphatic heterocycles. The first-order valence-electron chi connectivity index (χ1n) is 6.09. The normalized spacial score (nSPS) is 27.9. The van der Waals surface area contributed by atoms with E-state index in [4.69, 9.17) is 0 Å². The molecule has 0 heterocycles. The highest BCUT2D eigenvalue weighted by molar-refractivity contribution is 4.86. The van der Waals surface area contributed by atoms with Crippen LogP contribution in [0.25, 0.3) is 0 Å². The first-order valence-corrected chi connectivity index (χ1v) is 6.09. The average molecular weight is 198 g/mol. The Morgan fingerprint density at radius 2 is 1.86 bits per heavy atom. The van der Waals surface area contributed by atoms with Gasteiger partial charge in [-0.25, -0.2) is 0 Å². The van der Waals surface area contributed by atoms with Crippen LogP contribution in [-0.4, -0.2) is 37.1 Å². The third kappa shape index (κ3) is 3.25. The number of hydrogen-bond acceptors (Lipinski definition) is 2. The predicted octanol–water partition coefficient (Wildman–Crippen LogP) is 2.25. The van der Waals surface area contributed by atoms with Crippen molar-refractivity contribution in [3.63, 3.8) is 0 Å².